The predicted octanol–water partition coefficient (Wildman–Crippen LogP) is 3.40. The van der Waals surface area contributed by atoms with Crippen molar-refractivity contribution >= 4 is 16.6 Å². The highest BCUT2D eigenvalue weighted by Crippen LogP contribution is 2.18. The summed E-state index contributed by atoms with van der Waals surface area (Å²) < 4.78 is 0. The van der Waals surface area contributed by atoms with Crippen molar-refractivity contribution in [3.05, 3.63) is 70.3 Å². The molecule has 21 heavy (non-hydrogen) atoms. The van der Waals surface area contributed by atoms with E-state index in [9.17, 15) is 4.79 Å². The number of para-hydroxylation sites is 1. The maximum Gasteiger partial charge on any atom is 0.258 e. The number of anilines is 1. The maximum atomic E-state index is 12.1. The Morgan fingerprint density at radius 3 is 2.76 bits per heavy atom. The van der Waals surface area contributed by atoms with Crippen molar-refractivity contribution in [1.29, 1.82) is 0 Å². The van der Waals surface area contributed by atoms with Crippen molar-refractivity contribution in [3.8, 4) is 0 Å². The van der Waals surface area contributed by atoms with Crippen molar-refractivity contribution in [3.63, 3.8) is 0 Å². The second kappa shape index (κ2) is 5.40. The van der Waals surface area contributed by atoms with Crippen molar-refractivity contribution in [2.24, 2.45) is 0 Å². The summed E-state index contributed by atoms with van der Waals surface area (Å²) >= 11 is 0. The van der Waals surface area contributed by atoms with Crippen LogP contribution in [0.15, 0.2) is 53.3 Å². The summed E-state index contributed by atoms with van der Waals surface area (Å²) in [5.41, 5.74) is 2.81. The first kappa shape index (κ1) is 13.4. The van der Waals surface area contributed by atoms with E-state index in [-0.39, 0.29) is 11.6 Å². The van der Waals surface area contributed by atoms with Gasteiger partial charge in [-0.05, 0) is 43.7 Å². The third kappa shape index (κ3) is 2.79. The first-order valence-corrected chi connectivity index (χ1v) is 6.95. The molecule has 2 aromatic carbocycles. The molecule has 2 N–H and O–H groups in total. The maximum absolute atomic E-state index is 12.1. The van der Waals surface area contributed by atoms with E-state index in [0.29, 0.717) is 16.7 Å². The van der Waals surface area contributed by atoms with Gasteiger partial charge in [-0.25, -0.2) is 4.98 Å². The molecule has 0 saturated carbocycles. The summed E-state index contributed by atoms with van der Waals surface area (Å²) in [6, 6.07) is 15.4. The van der Waals surface area contributed by atoms with Crippen LogP contribution in [-0.2, 0) is 0 Å². The quantitative estimate of drug-likeness (QED) is 0.772. The summed E-state index contributed by atoms with van der Waals surface area (Å²) in [6.45, 7) is 4.03. The van der Waals surface area contributed by atoms with Gasteiger partial charge in [-0.15, -0.1) is 0 Å². The molecule has 3 aromatic rings. The summed E-state index contributed by atoms with van der Waals surface area (Å²) in [6.07, 6.45) is 0. The van der Waals surface area contributed by atoms with E-state index in [1.165, 1.54) is 5.56 Å². The Kier molecular flexibility index (Phi) is 3.44. The number of rotatable bonds is 3. The van der Waals surface area contributed by atoms with Crippen LogP contribution in [0, 0.1) is 6.92 Å². The number of nitrogens with zero attached hydrogens (tertiary/aromatic N) is 1. The normalized spacial score (nSPS) is 12.3. The number of benzene rings is 2. The molecule has 0 bridgehead atoms. The largest absolute Gasteiger partial charge is 0.375 e. The van der Waals surface area contributed by atoms with Gasteiger partial charge in [-0.2, -0.15) is 0 Å². The number of fused-ring (bicyclic) bond motifs is 1. The van der Waals surface area contributed by atoms with Gasteiger partial charge in [-0.1, -0.05) is 24.3 Å². The SMILES string of the molecule is Cc1cccc(NC(C)c2nc3ccccc3c(=O)[nH]2)c1. The molecule has 0 radical (unpaired) electrons. The number of aromatic amines is 1. The number of aromatic nitrogens is 2. The lowest BCUT2D eigenvalue weighted by Gasteiger charge is -2.15. The minimum atomic E-state index is -0.103. The molecule has 1 unspecified atom stereocenters. The van der Waals surface area contributed by atoms with Gasteiger partial charge in [0.2, 0.25) is 0 Å². The summed E-state index contributed by atoms with van der Waals surface area (Å²) in [7, 11) is 0. The Labute approximate surface area is 122 Å². The lowest BCUT2D eigenvalue weighted by Crippen LogP contribution is -2.17. The Morgan fingerprint density at radius 1 is 1.14 bits per heavy atom. The third-order valence-corrected chi connectivity index (χ3v) is 3.44. The van der Waals surface area contributed by atoms with Crippen LogP contribution in [0.5, 0.6) is 0 Å². The standard InChI is InChI=1S/C17H17N3O/c1-11-6-5-7-13(10-11)18-12(2)16-19-15-9-4-3-8-14(15)17(21)20-16/h3-10,12,18H,1-2H3,(H,19,20,21). The number of H-pyrrole nitrogens is 1. The number of hydrogen-bond acceptors (Lipinski definition) is 3. The van der Waals surface area contributed by atoms with Crippen LogP contribution < -0.4 is 10.9 Å². The lowest BCUT2D eigenvalue weighted by molar-refractivity contribution is 0.791. The van der Waals surface area contributed by atoms with Crippen molar-refractivity contribution in [1.82, 2.24) is 9.97 Å². The zero-order chi connectivity index (χ0) is 14.8. The summed E-state index contributed by atoms with van der Waals surface area (Å²) in [5.74, 6) is 0.639. The fourth-order valence-electron chi connectivity index (χ4n) is 2.36. The average Bonchev–Trinajstić information content (AvgIpc) is 2.47. The fraction of sp³-hybridized carbons (Fsp3) is 0.176. The van der Waals surface area contributed by atoms with Gasteiger partial charge in [0.25, 0.3) is 5.56 Å². The zero-order valence-electron chi connectivity index (χ0n) is 12.1. The molecule has 4 nitrogen and oxygen atoms in total. The van der Waals surface area contributed by atoms with Gasteiger partial charge in [0.05, 0.1) is 16.9 Å². The number of nitrogens with one attached hydrogen (secondary N) is 2. The van der Waals surface area contributed by atoms with E-state index in [2.05, 4.69) is 21.4 Å². The molecule has 0 aliphatic rings. The van der Waals surface area contributed by atoms with Gasteiger partial charge in [-0.3, -0.25) is 4.79 Å². The Bertz CT molecular complexity index is 839. The van der Waals surface area contributed by atoms with Crippen LogP contribution in [0.25, 0.3) is 10.9 Å². The molecule has 0 aliphatic heterocycles. The molecule has 1 heterocycles. The fourth-order valence-corrected chi connectivity index (χ4v) is 2.36. The van der Waals surface area contributed by atoms with E-state index >= 15 is 0 Å². The highest BCUT2D eigenvalue weighted by molar-refractivity contribution is 5.77. The Morgan fingerprint density at radius 2 is 1.95 bits per heavy atom. The number of aryl methyl sites for hydroxylation is 1. The van der Waals surface area contributed by atoms with E-state index in [1.54, 1.807) is 6.07 Å². The molecular weight excluding hydrogens is 262 g/mol. The van der Waals surface area contributed by atoms with Crippen molar-refractivity contribution in [2.45, 2.75) is 19.9 Å². The Hall–Kier alpha value is -2.62. The molecule has 4 heteroatoms. The topological polar surface area (TPSA) is 57.8 Å². The van der Waals surface area contributed by atoms with E-state index < -0.39 is 0 Å². The van der Waals surface area contributed by atoms with Crippen molar-refractivity contribution < 1.29 is 0 Å². The Balaban J connectivity index is 1.94. The molecule has 0 fully saturated rings. The minimum absolute atomic E-state index is 0.0795. The van der Waals surface area contributed by atoms with Crippen LogP contribution in [0.3, 0.4) is 0 Å². The molecule has 0 aliphatic carbocycles. The van der Waals surface area contributed by atoms with Crippen LogP contribution >= 0.6 is 0 Å². The molecule has 1 aromatic heterocycles. The smallest absolute Gasteiger partial charge is 0.258 e. The molecule has 0 amide bonds. The lowest BCUT2D eigenvalue weighted by atomic mass is 10.2. The second-order valence-electron chi connectivity index (χ2n) is 5.20. The van der Waals surface area contributed by atoms with E-state index in [4.69, 9.17) is 0 Å². The van der Waals surface area contributed by atoms with E-state index in [1.807, 2.05) is 50.2 Å². The van der Waals surface area contributed by atoms with Gasteiger partial charge in [0.1, 0.15) is 5.82 Å². The molecule has 106 valence electrons. The molecule has 3 rings (SSSR count). The minimum Gasteiger partial charge on any atom is -0.375 e. The van der Waals surface area contributed by atoms with Crippen LogP contribution in [0.1, 0.15) is 24.4 Å². The highest BCUT2D eigenvalue weighted by Gasteiger charge is 2.10. The first-order chi connectivity index (χ1) is 10.1. The molecule has 1 atom stereocenters. The van der Waals surface area contributed by atoms with Crippen molar-refractivity contribution in [2.75, 3.05) is 5.32 Å². The molecule has 0 spiro atoms. The average molecular weight is 279 g/mol. The van der Waals surface area contributed by atoms with Gasteiger partial charge in [0, 0.05) is 5.69 Å². The molecule has 0 saturated heterocycles. The van der Waals surface area contributed by atoms with Gasteiger partial charge in [0.15, 0.2) is 0 Å². The summed E-state index contributed by atoms with van der Waals surface area (Å²) in [4.78, 5) is 19.5. The van der Waals surface area contributed by atoms with E-state index in [0.717, 1.165) is 5.69 Å². The highest BCUT2D eigenvalue weighted by atomic mass is 16.1. The first-order valence-electron chi connectivity index (χ1n) is 6.95. The monoisotopic (exact) mass is 279 g/mol. The van der Waals surface area contributed by atoms with Crippen LogP contribution in [-0.4, -0.2) is 9.97 Å². The van der Waals surface area contributed by atoms with Crippen LogP contribution in [0.4, 0.5) is 5.69 Å². The van der Waals surface area contributed by atoms with Gasteiger partial charge >= 0.3 is 0 Å². The van der Waals surface area contributed by atoms with Crippen LogP contribution in [0.2, 0.25) is 0 Å². The van der Waals surface area contributed by atoms with Gasteiger partial charge < -0.3 is 10.3 Å². The second-order valence-corrected chi connectivity index (χ2v) is 5.20. The predicted molar refractivity (Wildman–Crippen MR) is 85.6 cm³/mol. The zero-order valence-corrected chi connectivity index (χ0v) is 12.1. The number of hydrogen-bond donors (Lipinski definition) is 2. The molecular formula is C17H17N3O. The third-order valence-electron chi connectivity index (χ3n) is 3.44. The summed E-state index contributed by atoms with van der Waals surface area (Å²) in [5, 5.41) is 3.97.